The summed E-state index contributed by atoms with van der Waals surface area (Å²) in [6, 6.07) is 9.91. The fourth-order valence-corrected chi connectivity index (χ4v) is 1.99. The van der Waals surface area contributed by atoms with Gasteiger partial charge in [0.15, 0.2) is 0 Å². The maximum atomic E-state index is 12.1. The molecule has 1 unspecified atom stereocenters. The number of hydrogen-bond donors (Lipinski definition) is 2. The number of nitrogens with one attached hydrogen (secondary N) is 2. The second-order valence-corrected chi connectivity index (χ2v) is 5.14. The Bertz CT molecular complexity index is 572. The van der Waals surface area contributed by atoms with Gasteiger partial charge in [0.2, 0.25) is 0 Å². The average Bonchev–Trinajstić information content (AvgIpc) is 3.06. The summed E-state index contributed by atoms with van der Waals surface area (Å²) in [4.78, 5) is 12.1. The van der Waals surface area contributed by atoms with Gasteiger partial charge in [-0.2, -0.15) is 5.10 Å². The molecule has 0 radical (unpaired) electrons. The van der Waals surface area contributed by atoms with Crippen LogP contribution < -0.4 is 5.32 Å². The molecule has 0 spiro atoms. The molecule has 0 saturated carbocycles. The number of aromatic amines is 1. The summed E-state index contributed by atoms with van der Waals surface area (Å²) in [7, 11) is 1.56. The van der Waals surface area contributed by atoms with Crippen LogP contribution in [0.3, 0.4) is 0 Å². The van der Waals surface area contributed by atoms with Crippen LogP contribution in [0.2, 0.25) is 0 Å². The van der Waals surface area contributed by atoms with E-state index in [-0.39, 0.29) is 5.91 Å². The van der Waals surface area contributed by atoms with Crippen molar-refractivity contribution in [1.82, 2.24) is 15.5 Å². The molecule has 1 amide bonds. The van der Waals surface area contributed by atoms with Crippen molar-refractivity contribution in [3.05, 3.63) is 42.1 Å². The van der Waals surface area contributed by atoms with E-state index in [9.17, 15) is 4.79 Å². The van der Waals surface area contributed by atoms with E-state index in [1.807, 2.05) is 37.3 Å². The molecule has 2 rings (SSSR count). The quantitative estimate of drug-likeness (QED) is 0.858. The van der Waals surface area contributed by atoms with Crippen molar-refractivity contribution in [2.75, 3.05) is 7.11 Å². The summed E-state index contributed by atoms with van der Waals surface area (Å²) >= 11 is 0. The lowest BCUT2D eigenvalue weighted by molar-refractivity contribution is -0.142. The smallest absolute Gasteiger partial charge is 0.252 e. The van der Waals surface area contributed by atoms with Crippen LogP contribution in [0, 0.1) is 0 Å². The Hall–Kier alpha value is -2.14. The van der Waals surface area contributed by atoms with Gasteiger partial charge in [0.25, 0.3) is 5.91 Å². The van der Waals surface area contributed by atoms with Gasteiger partial charge in [-0.3, -0.25) is 9.89 Å². The lowest BCUT2D eigenvalue weighted by atomic mass is 10.0. The Labute approximate surface area is 124 Å². The molecule has 1 heterocycles. The standard InChI is InChI=1S/C16H21N3O2/c1-4-16(2,21-3)15(20)17-11-12-5-7-13(8-6-12)14-9-10-18-19-14/h5-10H,4,11H2,1-3H3,(H,17,20)(H,18,19). The first-order valence-corrected chi connectivity index (χ1v) is 7.01. The van der Waals surface area contributed by atoms with Gasteiger partial charge in [-0.05, 0) is 30.5 Å². The maximum Gasteiger partial charge on any atom is 0.252 e. The Kier molecular flexibility index (Phi) is 4.75. The Balaban J connectivity index is 1.97. The molecule has 0 saturated heterocycles. The number of H-pyrrole nitrogens is 1. The van der Waals surface area contributed by atoms with E-state index in [2.05, 4.69) is 15.5 Å². The zero-order chi connectivity index (χ0) is 15.3. The molecule has 112 valence electrons. The van der Waals surface area contributed by atoms with Crippen molar-refractivity contribution in [1.29, 1.82) is 0 Å². The highest BCUT2D eigenvalue weighted by Gasteiger charge is 2.30. The lowest BCUT2D eigenvalue weighted by Gasteiger charge is -2.25. The summed E-state index contributed by atoms with van der Waals surface area (Å²) in [5, 5.41) is 9.76. The molecule has 1 aromatic carbocycles. The largest absolute Gasteiger partial charge is 0.369 e. The first kappa shape index (κ1) is 15.3. The summed E-state index contributed by atoms with van der Waals surface area (Å²) in [5.41, 5.74) is 2.32. The monoisotopic (exact) mass is 287 g/mol. The third-order valence-corrected chi connectivity index (χ3v) is 3.82. The molecule has 21 heavy (non-hydrogen) atoms. The van der Waals surface area contributed by atoms with Gasteiger partial charge in [0.05, 0.1) is 5.69 Å². The molecule has 1 aromatic heterocycles. The third kappa shape index (κ3) is 3.49. The van der Waals surface area contributed by atoms with Gasteiger partial charge in [-0.15, -0.1) is 0 Å². The SMILES string of the molecule is CCC(C)(OC)C(=O)NCc1ccc(-c2ccn[nH]2)cc1. The van der Waals surface area contributed by atoms with Gasteiger partial charge in [-0.25, -0.2) is 0 Å². The molecule has 1 atom stereocenters. The number of amides is 1. The number of hydrogen-bond acceptors (Lipinski definition) is 3. The molecule has 0 aliphatic rings. The summed E-state index contributed by atoms with van der Waals surface area (Å²) < 4.78 is 5.28. The zero-order valence-corrected chi connectivity index (χ0v) is 12.6. The molecule has 0 aliphatic heterocycles. The zero-order valence-electron chi connectivity index (χ0n) is 12.6. The predicted octanol–water partition coefficient (Wildman–Crippen LogP) is 2.51. The number of carbonyl (C=O) groups is 1. The Morgan fingerprint density at radius 1 is 1.33 bits per heavy atom. The van der Waals surface area contributed by atoms with Crippen LogP contribution >= 0.6 is 0 Å². The topological polar surface area (TPSA) is 67.0 Å². The Morgan fingerprint density at radius 3 is 2.57 bits per heavy atom. The molecule has 2 N–H and O–H groups in total. The molecule has 5 nitrogen and oxygen atoms in total. The van der Waals surface area contributed by atoms with Gasteiger partial charge < -0.3 is 10.1 Å². The van der Waals surface area contributed by atoms with E-state index in [4.69, 9.17) is 4.74 Å². The molecule has 5 heteroatoms. The van der Waals surface area contributed by atoms with E-state index in [1.165, 1.54) is 0 Å². The number of benzene rings is 1. The average molecular weight is 287 g/mol. The Morgan fingerprint density at radius 2 is 2.05 bits per heavy atom. The molecular weight excluding hydrogens is 266 g/mol. The van der Waals surface area contributed by atoms with Crippen molar-refractivity contribution >= 4 is 5.91 Å². The molecule has 2 aromatic rings. The third-order valence-electron chi connectivity index (χ3n) is 3.82. The van der Waals surface area contributed by atoms with E-state index >= 15 is 0 Å². The normalized spacial score (nSPS) is 13.7. The summed E-state index contributed by atoms with van der Waals surface area (Å²) in [6.45, 7) is 4.22. The fraction of sp³-hybridized carbons (Fsp3) is 0.375. The molecule has 0 aliphatic carbocycles. The maximum absolute atomic E-state index is 12.1. The minimum Gasteiger partial charge on any atom is -0.369 e. The number of rotatable bonds is 6. The van der Waals surface area contributed by atoms with E-state index in [1.54, 1.807) is 20.2 Å². The van der Waals surface area contributed by atoms with Crippen LogP contribution in [0.1, 0.15) is 25.8 Å². The van der Waals surface area contributed by atoms with Crippen molar-refractivity contribution in [3.63, 3.8) is 0 Å². The summed E-state index contributed by atoms with van der Waals surface area (Å²) in [5.74, 6) is -0.0925. The lowest BCUT2D eigenvalue weighted by Crippen LogP contribution is -2.45. The minimum absolute atomic E-state index is 0.0925. The number of aromatic nitrogens is 2. The second kappa shape index (κ2) is 6.54. The molecule has 0 fully saturated rings. The molecular formula is C16H21N3O2. The van der Waals surface area contributed by atoms with Crippen LogP contribution in [0.15, 0.2) is 36.5 Å². The number of methoxy groups -OCH3 is 1. The fourth-order valence-electron chi connectivity index (χ4n) is 1.99. The van der Waals surface area contributed by atoms with Crippen molar-refractivity contribution in [3.8, 4) is 11.3 Å². The van der Waals surface area contributed by atoms with Crippen molar-refractivity contribution < 1.29 is 9.53 Å². The number of nitrogens with zero attached hydrogens (tertiary/aromatic N) is 1. The first-order valence-electron chi connectivity index (χ1n) is 7.01. The van der Waals surface area contributed by atoms with Crippen LogP contribution in [0.4, 0.5) is 0 Å². The first-order chi connectivity index (χ1) is 10.1. The van der Waals surface area contributed by atoms with Gasteiger partial charge >= 0.3 is 0 Å². The number of carbonyl (C=O) groups excluding carboxylic acids is 1. The van der Waals surface area contributed by atoms with Gasteiger partial charge in [-0.1, -0.05) is 31.2 Å². The second-order valence-electron chi connectivity index (χ2n) is 5.14. The van der Waals surface area contributed by atoms with Crippen molar-refractivity contribution in [2.24, 2.45) is 0 Å². The van der Waals surface area contributed by atoms with E-state index in [0.29, 0.717) is 13.0 Å². The summed E-state index contributed by atoms with van der Waals surface area (Å²) in [6.07, 6.45) is 2.36. The van der Waals surface area contributed by atoms with Crippen LogP contribution in [0.5, 0.6) is 0 Å². The van der Waals surface area contributed by atoms with Crippen molar-refractivity contribution in [2.45, 2.75) is 32.4 Å². The minimum atomic E-state index is -0.768. The van der Waals surface area contributed by atoms with E-state index in [0.717, 1.165) is 16.8 Å². The highest BCUT2D eigenvalue weighted by Crippen LogP contribution is 2.17. The van der Waals surface area contributed by atoms with Crippen LogP contribution in [0.25, 0.3) is 11.3 Å². The van der Waals surface area contributed by atoms with Gasteiger partial charge in [0, 0.05) is 19.9 Å². The predicted molar refractivity (Wildman–Crippen MR) is 81.6 cm³/mol. The van der Waals surface area contributed by atoms with Gasteiger partial charge in [0.1, 0.15) is 5.60 Å². The highest BCUT2D eigenvalue weighted by molar-refractivity contribution is 5.84. The number of ether oxygens (including phenoxy) is 1. The van der Waals surface area contributed by atoms with E-state index < -0.39 is 5.60 Å². The van der Waals surface area contributed by atoms with Crippen LogP contribution in [-0.4, -0.2) is 28.8 Å². The van der Waals surface area contributed by atoms with Crippen LogP contribution in [-0.2, 0) is 16.1 Å². The molecule has 0 bridgehead atoms. The highest BCUT2D eigenvalue weighted by atomic mass is 16.5.